The second-order valence-electron chi connectivity index (χ2n) is 6.05. The smallest absolute Gasteiger partial charge is 0.338 e. The Morgan fingerprint density at radius 1 is 1.21 bits per heavy atom. The highest BCUT2D eigenvalue weighted by Gasteiger charge is 2.13. The van der Waals surface area contributed by atoms with Crippen LogP contribution in [0.4, 0.5) is 5.69 Å². The summed E-state index contributed by atoms with van der Waals surface area (Å²) in [6.45, 7) is 3.89. The predicted molar refractivity (Wildman–Crippen MR) is 107 cm³/mol. The van der Waals surface area contributed by atoms with Crippen LogP contribution < -0.4 is 5.32 Å². The SMILES string of the molecule is CCOC(=O)c1cccc(NC(=O)Cn2nc(-c3ccc(C)cc3)oc2=S)c1. The number of aromatic nitrogens is 2. The zero-order chi connectivity index (χ0) is 20.1. The molecule has 2 aromatic carbocycles. The van der Waals surface area contributed by atoms with Crippen LogP contribution in [0.2, 0.25) is 0 Å². The highest BCUT2D eigenvalue weighted by molar-refractivity contribution is 7.71. The normalized spacial score (nSPS) is 10.5. The number of benzene rings is 2. The molecule has 0 aliphatic heterocycles. The van der Waals surface area contributed by atoms with E-state index >= 15 is 0 Å². The lowest BCUT2D eigenvalue weighted by Crippen LogP contribution is -2.20. The number of anilines is 1. The molecule has 0 aliphatic rings. The first-order valence-corrected chi connectivity index (χ1v) is 9.09. The van der Waals surface area contributed by atoms with E-state index in [0.717, 1.165) is 11.1 Å². The minimum atomic E-state index is -0.444. The van der Waals surface area contributed by atoms with Gasteiger partial charge in [0.2, 0.25) is 11.8 Å². The van der Waals surface area contributed by atoms with E-state index in [4.69, 9.17) is 21.4 Å². The Balaban J connectivity index is 1.70. The van der Waals surface area contributed by atoms with Crippen LogP contribution in [0, 0.1) is 11.8 Å². The number of carbonyl (C=O) groups excluding carboxylic acids is 2. The first-order valence-electron chi connectivity index (χ1n) is 8.68. The van der Waals surface area contributed by atoms with Gasteiger partial charge in [-0.25, -0.2) is 9.48 Å². The highest BCUT2D eigenvalue weighted by atomic mass is 32.1. The van der Waals surface area contributed by atoms with Gasteiger partial charge in [-0.1, -0.05) is 23.8 Å². The van der Waals surface area contributed by atoms with Crippen LogP contribution in [0.25, 0.3) is 11.5 Å². The number of rotatable bonds is 6. The molecule has 0 atom stereocenters. The number of aryl methyl sites for hydroxylation is 1. The van der Waals surface area contributed by atoms with E-state index in [9.17, 15) is 9.59 Å². The van der Waals surface area contributed by atoms with Crippen molar-refractivity contribution < 1.29 is 18.7 Å². The van der Waals surface area contributed by atoms with Crippen LogP contribution in [0.5, 0.6) is 0 Å². The van der Waals surface area contributed by atoms with Crippen LogP contribution in [0.15, 0.2) is 52.9 Å². The number of hydrogen-bond donors (Lipinski definition) is 1. The Labute approximate surface area is 166 Å². The van der Waals surface area contributed by atoms with Crippen molar-refractivity contribution in [3.63, 3.8) is 0 Å². The molecule has 1 N–H and O–H groups in total. The summed E-state index contributed by atoms with van der Waals surface area (Å²) in [6.07, 6.45) is 0. The number of nitrogens with zero attached hydrogens (tertiary/aromatic N) is 2. The molecule has 28 heavy (non-hydrogen) atoms. The van der Waals surface area contributed by atoms with Crippen molar-refractivity contribution >= 4 is 29.8 Å². The number of ether oxygens (including phenoxy) is 1. The highest BCUT2D eigenvalue weighted by Crippen LogP contribution is 2.18. The Hall–Kier alpha value is -3.26. The summed E-state index contributed by atoms with van der Waals surface area (Å²) < 4.78 is 11.8. The zero-order valence-electron chi connectivity index (χ0n) is 15.5. The molecule has 3 rings (SSSR count). The lowest BCUT2D eigenvalue weighted by Gasteiger charge is -2.07. The largest absolute Gasteiger partial charge is 0.462 e. The van der Waals surface area contributed by atoms with Gasteiger partial charge in [-0.15, -0.1) is 5.10 Å². The third-order valence-electron chi connectivity index (χ3n) is 3.86. The van der Waals surface area contributed by atoms with Gasteiger partial charge >= 0.3 is 5.97 Å². The van der Waals surface area contributed by atoms with Crippen LogP contribution in [0.1, 0.15) is 22.8 Å². The summed E-state index contributed by atoms with van der Waals surface area (Å²) in [6, 6.07) is 14.2. The molecule has 8 heteroatoms. The van der Waals surface area contributed by atoms with E-state index in [1.165, 1.54) is 4.68 Å². The van der Waals surface area contributed by atoms with Crippen molar-refractivity contribution in [2.45, 2.75) is 20.4 Å². The molecule has 0 saturated carbocycles. The topological polar surface area (TPSA) is 86.4 Å². The van der Waals surface area contributed by atoms with Crippen molar-refractivity contribution in [1.82, 2.24) is 9.78 Å². The summed E-state index contributed by atoms with van der Waals surface area (Å²) in [5.74, 6) is -0.442. The fourth-order valence-corrected chi connectivity index (χ4v) is 2.68. The van der Waals surface area contributed by atoms with E-state index in [1.54, 1.807) is 31.2 Å². The number of hydrogen-bond acceptors (Lipinski definition) is 6. The van der Waals surface area contributed by atoms with Gasteiger partial charge in [0.05, 0.1) is 12.2 Å². The Morgan fingerprint density at radius 2 is 1.96 bits per heavy atom. The average Bonchev–Trinajstić information content (AvgIpc) is 3.03. The molecule has 1 heterocycles. The van der Waals surface area contributed by atoms with Crippen molar-refractivity contribution in [2.24, 2.45) is 0 Å². The van der Waals surface area contributed by atoms with Gasteiger partial charge in [-0.05, 0) is 56.4 Å². The molecule has 0 spiro atoms. The first kappa shape index (κ1) is 19.5. The summed E-state index contributed by atoms with van der Waals surface area (Å²) in [7, 11) is 0. The molecule has 144 valence electrons. The minimum absolute atomic E-state index is 0.103. The van der Waals surface area contributed by atoms with E-state index in [-0.39, 0.29) is 23.9 Å². The first-order chi connectivity index (χ1) is 13.5. The van der Waals surface area contributed by atoms with Crippen LogP contribution in [0.3, 0.4) is 0 Å². The number of carbonyl (C=O) groups is 2. The average molecular weight is 397 g/mol. The monoisotopic (exact) mass is 397 g/mol. The van der Waals surface area contributed by atoms with Crippen LogP contribution >= 0.6 is 12.2 Å². The van der Waals surface area contributed by atoms with Crippen molar-refractivity contribution in [3.8, 4) is 11.5 Å². The maximum atomic E-state index is 12.4. The third-order valence-corrected chi connectivity index (χ3v) is 4.15. The van der Waals surface area contributed by atoms with Gasteiger partial charge in [0, 0.05) is 11.3 Å². The second kappa shape index (κ2) is 8.62. The summed E-state index contributed by atoms with van der Waals surface area (Å²) in [5.41, 5.74) is 2.73. The molecular weight excluding hydrogens is 378 g/mol. The molecule has 0 fully saturated rings. The quantitative estimate of drug-likeness (QED) is 0.500. The van der Waals surface area contributed by atoms with Gasteiger partial charge in [0.1, 0.15) is 6.54 Å². The van der Waals surface area contributed by atoms with E-state index in [1.807, 2.05) is 31.2 Å². The van der Waals surface area contributed by atoms with Crippen LogP contribution in [-0.2, 0) is 16.1 Å². The number of amides is 1. The third kappa shape index (κ3) is 4.72. The van der Waals surface area contributed by atoms with Crippen molar-refractivity contribution in [3.05, 3.63) is 64.5 Å². The van der Waals surface area contributed by atoms with Gasteiger partial charge in [-0.3, -0.25) is 4.79 Å². The molecule has 3 aromatic rings. The maximum absolute atomic E-state index is 12.4. The molecular formula is C20H19N3O4S. The molecule has 0 radical (unpaired) electrons. The maximum Gasteiger partial charge on any atom is 0.338 e. The molecule has 7 nitrogen and oxygen atoms in total. The van der Waals surface area contributed by atoms with Crippen molar-refractivity contribution in [2.75, 3.05) is 11.9 Å². The lowest BCUT2D eigenvalue weighted by molar-refractivity contribution is -0.117. The number of nitrogens with one attached hydrogen (secondary N) is 1. The minimum Gasteiger partial charge on any atom is -0.462 e. The van der Waals surface area contributed by atoms with Gasteiger partial charge in [0.25, 0.3) is 4.84 Å². The summed E-state index contributed by atoms with van der Waals surface area (Å²) in [5, 5.41) is 6.99. The zero-order valence-corrected chi connectivity index (χ0v) is 16.3. The summed E-state index contributed by atoms with van der Waals surface area (Å²) >= 11 is 5.16. The molecule has 1 aromatic heterocycles. The van der Waals surface area contributed by atoms with Gasteiger partial charge in [-0.2, -0.15) is 0 Å². The number of esters is 1. The molecule has 0 aliphatic carbocycles. The molecule has 0 saturated heterocycles. The lowest BCUT2D eigenvalue weighted by atomic mass is 10.1. The van der Waals surface area contributed by atoms with E-state index in [2.05, 4.69) is 10.4 Å². The van der Waals surface area contributed by atoms with Crippen LogP contribution in [-0.4, -0.2) is 28.3 Å². The van der Waals surface area contributed by atoms with Gasteiger partial charge < -0.3 is 14.5 Å². The van der Waals surface area contributed by atoms with E-state index in [0.29, 0.717) is 17.1 Å². The standard InChI is InChI=1S/C20H19N3O4S/c1-3-26-19(25)15-5-4-6-16(11-15)21-17(24)12-23-20(28)27-18(22-23)14-9-7-13(2)8-10-14/h4-11H,3,12H2,1-2H3,(H,21,24). The van der Waals surface area contributed by atoms with E-state index < -0.39 is 5.97 Å². The fourth-order valence-electron chi connectivity index (χ4n) is 2.49. The molecule has 0 unspecified atom stereocenters. The second-order valence-corrected chi connectivity index (χ2v) is 6.40. The van der Waals surface area contributed by atoms with Gasteiger partial charge in [0.15, 0.2) is 0 Å². The predicted octanol–water partition coefficient (Wildman–Crippen LogP) is 4.00. The molecule has 0 bridgehead atoms. The Kier molecular flexibility index (Phi) is 6.00. The fraction of sp³-hybridized carbons (Fsp3) is 0.200. The molecule has 1 amide bonds. The van der Waals surface area contributed by atoms with Crippen molar-refractivity contribution in [1.29, 1.82) is 0 Å². The Bertz CT molecular complexity index is 1050. The summed E-state index contributed by atoms with van der Waals surface area (Å²) in [4.78, 5) is 24.3. The Morgan fingerprint density at radius 3 is 2.68 bits per heavy atom.